The van der Waals surface area contributed by atoms with Crippen molar-refractivity contribution in [2.24, 2.45) is 5.73 Å². The molecule has 80 valence electrons. The number of hydrogen-bond acceptors (Lipinski definition) is 1. The highest BCUT2D eigenvalue weighted by atomic mass is 14.6. The summed E-state index contributed by atoms with van der Waals surface area (Å²) >= 11 is 0. The zero-order valence-corrected chi connectivity index (χ0v) is 9.14. The van der Waals surface area contributed by atoms with Crippen molar-refractivity contribution in [3.63, 3.8) is 0 Å². The SMILES string of the molecule is C=C(c1ccccc1)[C@@H](N)c1ccccc1. The molecule has 2 rings (SSSR count). The second-order valence-electron chi connectivity index (χ2n) is 3.78. The monoisotopic (exact) mass is 209 g/mol. The third kappa shape index (κ3) is 2.20. The van der Waals surface area contributed by atoms with E-state index in [1.807, 2.05) is 60.7 Å². The molecule has 1 atom stereocenters. The third-order valence-electron chi connectivity index (χ3n) is 2.68. The fourth-order valence-electron chi connectivity index (χ4n) is 1.69. The molecule has 0 saturated carbocycles. The highest BCUT2D eigenvalue weighted by molar-refractivity contribution is 5.68. The van der Waals surface area contributed by atoms with Gasteiger partial charge in [-0.1, -0.05) is 67.2 Å². The Morgan fingerprint density at radius 2 is 1.38 bits per heavy atom. The van der Waals surface area contributed by atoms with E-state index in [1.54, 1.807) is 0 Å². The van der Waals surface area contributed by atoms with Gasteiger partial charge in [0.1, 0.15) is 0 Å². The van der Waals surface area contributed by atoms with Gasteiger partial charge in [-0.05, 0) is 16.7 Å². The minimum Gasteiger partial charge on any atom is -0.320 e. The Morgan fingerprint density at radius 1 is 0.875 bits per heavy atom. The van der Waals surface area contributed by atoms with Crippen LogP contribution in [0.2, 0.25) is 0 Å². The van der Waals surface area contributed by atoms with Crippen molar-refractivity contribution >= 4 is 5.57 Å². The van der Waals surface area contributed by atoms with Crippen LogP contribution in [0.3, 0.4) is 0 Å². The van der Waals surface area contributed by atoms with Gasteiger partial charge in [-0.25, -0.2) is 0 Å². The molecule has 0 heterocycles. The summed E-state index contributed by atoms with van der Waals surface area (Å²) in [6, 6.07) is 19.9. The quantitative estimate of drug-likeness (QED) is 0.823. The lowest BCUT2D eigenvalue weighted by Crippen LogP contribution is -2.11. The highest BCUT2D eigenvalue weighted by Crippen LogP contribution is 2.25. The molecule has 0 aromatic heterocycles. The van der Waals surface area contributed by atoms with Crippen molar-refractivity contribution in [3.05, 3.63) is 78.4 Å². The summed E-state index contributed by atoms with van der Waals surface area (Å²) in [7, 11) is 0. The molecule has 2 N–H and O–H groups in total. The van der Waals surface area contributed by atoms with E-state index in [1.165, 1.54) is 0 Å². The Balaban J connectivity index is 2.24. The predicted molar refractivity (Wildman–Crippen MR) is 68.8 cm³/mol. The second kappa shape index (κ2) is 4.77. The molecule has 2 aromatic rings. The van der Waals surface area contributed by atoms with Crippen LogP contribution in [0.25, 0.3) is 5.57 Å². The predicted octanol–water partition coefficient (Wildman–Crippen LogP) is 3.40. The van der Waals surface area contributed by atoms with E-state index in [2.05, 4.69) is 6.58 Å². The van der Waals surface area contributed by atoms with Crippen LogP contribution in [-0.4, -0.2) is 0 Å². The zero-order chi connectivity index (χ0) is 11.4. The smallest absolute Gasteiger partial charge is 0.0551 e. The van der Waals surface area contributed by atoms with Gasteiger partial charge in [0.25, 0.3) is 0 Å². The first-order valence-corrected chi connectivity index (χ1v) is 5.34. The summed E-state index contributed by atoms with van der Waals surface area (Å²) in [6.45, 7) is 4.08. The first-order chi connectivity index (χ1) is 7.79. The summed E-state index contributed by atoms with van der Waals surface area (Å²) < 4.78 is 0. The molecule has 0 radical (unpaired) electrons. The van der Waals surface area contributed by atoms with Gasteiger partial charge < -0.3 is 5.73 Å². The molecule has 2 aromatic carbocycles. The number of rotatable bonds is 3. The first kappa shape index (κ1) is 10.7. The summed E-state index contributed by atoms with van der Waals surface area (Å²) in [5.41, 5.74) is 9.31. The maximum absolute atomic E-state index is 6.17. The lowest BCUT2D eigenvalue weighted by atomic mass is 9.95. The van der Waals surface area contributed by atoms with Gasteiger partial charge >= 0.3 is 0 Å². The molecule has 0 unspecified atom stereocenters. The first-order valence-electron chi connectivity index (χ1n) is 5.34. The molecule has 0 aliphatic heterocycles. The van der Waals surface area contributed by atoms with E-state index in [4.69, 9.17) is 5.73 Å². The largest absolute Gasteiger partial charge is 0.320 e. The summed E-state index contributed by atoms with van der Waals surface area (Å²) in [4.78, 5) is 0. The second-order valence-corrected chi connectivity index (χ2v) is 3.78. The lowest BCUT2D eigenvalue weighted by Gasteiger charge is -2.15. The fourth-order valence-corrected chi connectivity index (χ4v) is 1.69. The Bertz CT molecular complexity index is 459. The van der Waals surface area contributed by atoms with E-state index in [0.29, 0.717) is 0 Å². The molecule has 0 aliphatic rings. The Labute approximate surface area is 96.2 Å². The molecule has 16 heavy (non-hydrogen) atoms. The maximum Gasteiger partial charge on any atom is 0.0551 e. The van der Waals surface area contributed by atoms with Gasteiger partial charge in [-0.2, -0.15) is 0 Å². The van der Waals surface area contributed by atoms with Crippen LogP contribution in [0.5, 0.6) is 0 Å². The van der Waals surface area contributed by atoms with Crippen LogP contribution in [-0.2, 0) is 0 Å². The fraction of sp³-hybridized carbons (Fsp3) is 0.0667. The molecular weight excluding hydrogens is 194 g/mol. The molecule has 0 bridgehead atoms. The van der Waals surface area contributed by atoms with E-state index in [-0.39, 0.29) is 6.04 Å². The van der Waals surface area contributed by atoms with Crippen molar-refractivity contribution < 1.29 is 0 Å². The van der Waals surface area contributed by atoms with Gasteiger partial charge in [0, 0.05) is 0 Å². The van der Waals surface area contributed by atoms with E-state index in [0.717, 1.165) is 16.7 Å². The molecule has 0 aliphatic carbocycles. The maximum atomic E-state index is 6.17. The molecular formula is C15H15N. The molecule has 0 saturated heterocycles. The van der Waals surface area contributed by atoms with Crippen molar-refractivity contribution in [2.45, 2.75) is 6.04 Å². The Morgan fingerprint density at radius 3 is 1.94 bits per heavy atom. The van der Waals surface area contributed by atoms with Crippen LogP contribution in [0.4, 0.5) is 0 Å². The number of hydrogen-bond donors (Lipinski definition) is 1. The van der Waals surface area contributed by atoms with Gasteiger partial charge in [-0.15, -0.1) is 0 Å². The standard InChI is InChI=1S/C15H15N/c1-12(13-8-4-2-5-9-13)15(16)14-10-6-3-7-11-14/h2-11,15H,1,16H2/t15-/m1/s1. The topological polar surface area (TPSA) is 26.0 Å². The van der Waals surface area contributed by atoms with Gasteiger partial charge in [0.2, 0.25) is 0 Å². The van der Waals surface area contributed by atoms with E-state index >= 15 is 0 Å². The van der Waals surface area contributed by atoms with Crippen LogP contribution in [0.15, 0.2) is 67.2 Å². The lowest BCUT2D eigenvalue weighted by molar-refractivity contribution is 0.935. The summed E-state index contributed by atoms with van der Waals surface area (Å²) in [6.07, 6.45) is 0. The van der Waals surface area contributed by atoms with Crippen LogP contribution in [0.1, 0.15) is 17.2 Å². The van der Waals surface area contributed by atoms with E-state index < -0.39 is 0 Å². The molecule has 1 heteroatoms. The van der Waals surface area contributed by atoms with Crippen molar-refractivity contribution in [1.82, 2.24) is 0 Å². The summed E-state index contributed by atoms with van der Waals surface area (Å²) in [5.74, 6) is 0. The van der Waals surface area contributed by atoms with Crippen molar-refractivity contribution in [1.29, 1.82) is 0 Å². The minimum atomic E-state index is -0.136. The molecule has 0 spiro atoms. The Kier molecular flexibility index (Phi) is 3.18. The average Bonchev–Trinajstić information content (AvgIpc) is 2.39. The number of nitrogens with two attached hydrogens (primary N) is 1. The molecule has 0 amide bonds. The average molecular weight is 209 g/mol. The van der Waals surface area contributed by atoms with Gasteiger partial charge in [0.15, 0.2) is 0 Å². The number of benzene rings is 2. The minimum absolute atomic E-state index is 0.136. The van der Waals surface area contributed by atoms with E-state index in [9.17, 15) is 0 Å². The van der Waals surface area contributed by atoms with Crippen molar-refractivity contribution in [3.8, 4) is 0 Å². The third-order valence-corrected chi connectivity index (χ3v) is 2.68. The van der Waals surface area contributed by atoms with Gasteiger partial charge in [0.05, 0.1) is 6.04 Å². The summed E-state index contributed by atoms with van der Waals surface area (Å²) in [5, 5.41) is 0. The van der Waals surface area contributed by atoms with Crippen LogP contribution < -0.4 is 5.73 Å². The Hall–Kier alpha value is -1.86. The van der Waals surface area contributed by atoms with Crippen LogP contribution >= 0.6 is 0 Å². The molecule has 1 nitrogen and oxygen atoms in total. The van der Waals surface area contributed by atoms with Crippen LogP contribution in [0, 0.1) is 0 Å². The normalized spacial score (nSPS) is 12.1. The van der Waals surface area contributed by atoms with Gasteiger partial charge in [-0.3, -0.25) is 0 Å². The zero-order valence-electron chi connectivity index (χ0n) is 9.14. The van der Waals surface area contributed by atoms with Crippen molar-refractivity contribution in [2.75, 3.05) is 0 Å². The highest BCUT2D eigenvalue weighted by Gasteiger charge is 2.10. The molecule has 0 fully saturated rings.